The first-order valence-electron chi connectivity index (χ1n) is 6.49. The van der Waals surface area contributed by atoms with Crippen molar-refractivity contribution in [3.05, 3.63) is 35.4 Å². The Bertz CT molecular complexity index is 358. The van der Waals surface area contributed by atoms with E-state index < -0.39 is 0 Å². The zero-order valence-corrected chi connectivity index (χ0v) is 11.2. The minimum absolute atomic E-state index is 0.360. The van der Waals surface area contributed by atoms with Crippen LogP contribution in [0.2, 0.25) is 0 Å². The zero-order chi connectivity index (χ0) is 12.7. The molecule has 92 valence electrons. The second-order valence-corrected chi connectivity index (χ2v) is 4.50. The van der Waals surface area contributed by atoms with Crippen molar-refractivity contribution in [2.75, 3.05) is 0 Å². The van der Waals surface area contributed by atoms with Gasteiger partial charge in [0, 0.05) is 18.5 Å². The van der Waals surface area contributed by atoms with Gasteiger partial charge in [-0.05, 0) is 30.9 Å². The van der Waals surface area contributed by atoms with Crippen molar-refractivity contribution in [1.82, 2.24) is 5.32 Å². The molecular weight excluding hydrogens is 206 g/mol. The van der Waals surface area contributed by atoms with Crippen LogP contribution >= 0.6 is 0 Å². The highest BCUT2D eigenvalue weighted by atomic mass is 14.9. The molecule has 1 aromatic rings. The van der Waals surface area contributed by atoms with Crippen molar-refractivity contribution in [3.63, 3.8) is 0 Å². The first-order valence-corrected chi connectivity index (χ1v) is 6.49. The summed E-state index contributed by atoms with van der Waals surface area (Å²) in [5, 5.41) is 3.58. The van der Waals surface area contributed by atoms with E-state index in [1.807, 2.05) is 0 Å². The van der Waals surface area contributed by atoms with Crippen molar-refractivity contribution in [2.45, 2.75) is 52.1 Å². The molecule has 0 saturated heterocycles. The SMILES string of the molecule is C#CCC(CC)NC(C)c1ccc(CC)cc1. The topological polar surface area (TPSA) is 12.0 Å². The Hall–Kier alpha value is -1.26. The molecule has 0 amide bonds. The largest absolute Gasteiger partial charge is 0.307 e. The van der Waals surface area contributed by atoms with Gasteiger partial charge < -0.3 is 5.32 Å². The van der Waals surface area contributed by atoms with Crippen molar-refractivity contribution in [2.24, 2.45) is 0 Å². The van der Waals surface area contributed by atoms with E-state index in [4.69, 9.17) is 6.42 Å². The summed E-state index contributed by atoms with van der Waals surface area (Å²) in [7, 11) is 0. The van der Waals surface area contributed by atoms with Gasteiger partial charge in [-0.25, -0.2) is 0 Å². The maximum Gasteiger partial charge on any atom is 0.0294 e. The fraction of sp³-hybridized carbons (Fsp3) is 0.500. The van der Waals surface area contributed by atoms with Crippen molar-refractivity contribution >= 4 is 0 Å². The fourth-order valence-corrected chi connectivity index (χ4v) is 1.96. The maximum atomic E-state index is 5.37. The van der Waals surface area contributed by atoms with E-state index in [1.165, 1.54) is 11.1 Å². The van der Waals surface area contributed by atoms with Crippen LogP contribution in [0.5, 0.6) is 0 Å². The molecule has 17 heavy (non-hydrogen) atoms. The van der Waals surface area contributed by atoms with Gasteiger partial charge in [0.25, 0.3) is 0 Å². The standard InChI is InChI=1S/C16H23N/c1-5-8-16(7-3)17-13(4)15-11-9-14(6-2)10-12-15/h1,9-13,16-17H,6-8H2,2-4H3. The first kappa shape index (κ1) is 13.8. The number of benzene rings is 1. The van der Waals surface area contributed by atoms with E-state index in [9.17, 15) is 0 Å². The predicted octanol–water partition coefficient (Wildman–Crippen LogP) is 3.70. The predicted molar refractivity (Wildman–Crippen MR) is 74.9 cm³/mol. The quantitative estimate of drug-likeness (QED) is 0.733. The molecule has 2 atom stereocenters. The molecular formula is C16H23N. The van der Waals surface area contributed by atoms with E-state index in [2.05, 4.69) is 56.3 Å². The highest BCUT2D eigenvalue weighted by Crippen LogP contribution is 2.15. The lowest BCUT2D eigenvalue weighted by molar-refractivity contribution is 0.449. The zero-order valence-electron chi connectivity index (χ0n) is 11.2. The van der Waals surface area contributed by atoms with Crippen LogP contribution in [0, 0.1) is 12.3 Å². The van der Waals surface area contributed by atoms with Crippen LogP contribution in [-0.2, 0) is 6.42 Å². The number of aryl methyl sites for hydroxylation is 1. The number of hydrogen-bond acceptors (Lipinski definition) is 1. The van der Waals surface area contributed by atoms with Crippen molar-refractivity contribution in [3.8, 4) is 12.3 Å². The number of terminal acetylenes is 1. The summed E-state index contributed by atoms with van der Waals surface area (Å²) in [6, 6.07) is 9.60. The molecule has 0 aromatic heterocycles. The van der Waals surface area contributed by atoms with Crippen LogP contribution < -0.4 is 5.32 Å². The van der Waals surface area contributed by atoms with Gasteiger partial charge in [-0.3, -0.25) is 0 Å². The molecule has 0 saturated carbocycles. The van der Waals surface area contributed by atoms with Crippen LogP contribution in [0.1, 0.15) is 50.8 Å². The van der Waals surface area contributed by atoms with Crippen LogP contribution in [0.3, 0.4) is 0 Å². The first-order chi connectivity index (χ1) is 8.21. The lowest BCUT2D eigenvalue weighted by atomic mass is 10.0. The summed E-state index contributed by atoms with van der Waals surface area (Å²) < 4.78 is 0. The Morgan fingerprint density at radius 1 is 1.24 bits per heavy atom. The summed E-state index contributed by atoms with van der Waals surface area (Å²) in [5.41, 5.74) is 2.72. The number of hydrogen-bond donors (Lipinski definition) is 1. The Balaban J connectivity index is 2.62. The van der Waals surface area contributed by atoms with Gasteiger partial charge >= 0.3 is 0 Å². The molecule has 0 fully saturated rings. The smallest absolute Gasteiger partial charge is 0.0294 e. The number of rotatable bonds is 6. The van der Waals surface area contributed by atoms with Crippen LogP contribution in [-0.4, -0.2) is 6.04 Å². The summed E-state index contributed by atoms with van der Waals surface area (Å²) in [6.07, 6.45) is 8.33. The van der Waals surface area contributed by atoms with E-state index >= 15 is 0 Å². The van der Waals surface area contributed by atoms with Gasteiger partial charge in [-0.1, -0.05) is 38.1 Å². The van der Waals surface area contributed by atoms with Crippen molar-refractivity contribution < 1.29 is 0 Å². The molecule has 1 heteroatoms. The minimum Gasteiger partial charge on any atom is -0.307 e. The molecule has 1 N–H and O–H groups in total. The van der Waals surface area contributed by atoms with Gasteiger partial charge in [-0.15, -0.1) is 12.3 Å². The third kappa shape index (κ3) is 4.24. The Kier molecular flexibility index (Phi) is 5.80. The summed E-state index contributed by atoms with van der Waals surface area (Å²) >= 11 is 0. The highest BCUT2D eigenvalue weighted by Gasteiger charge is 2.10. The van der Waals surface area contributed by atoms with E-state index in [1.54, 1.807) is 0 Å². The van der Waals surface area contributed by atoms with Crippen molar-refractivity contribution in [1.29, 1.82) is 0 Å². The summed E-state index contributed by atoms with van der Waals surface area (Å²) in [5.74, 6) is 2.73. The lowest BCUT2D eigenvalue weighted by Crippen LogP contribution is -2.30. The molecule has 0 radical (unpaired) electrons. The summed E-state index contributed by atoms with van der Waals surface area (Å²) in [4.78, 5) is 0. The van der Waals surface area contributed by atoms with E-state index in [-0.39, 0.29) is 0 Å². The molecule has 1 rings (SSSR count). The van der Waals surface area contributed by atoms with Crippen LogP contribution in [0.15, 0.2) is 24.3 Å². The highest BCUT2D eigenvalue weighted by molar-refractivity contribution is 5.24. The average Bonchev–Trinajstić information content (AvgIpc) is 2.38. The minimum atomic E-state index is 0.360. The molecule has 0 spiro atoms. The Morgan fingerprint density at radius 3 is 2.35 bits per heavy atom. The van der Waals surface area contributed by atoms with Gasteiger partial charge in [0.1, 0.15) is 0 Å². The second kappa shape index (κ2) is 7.14. The average molecular weight is 229 g/mol. The van der Waals surface area contributed by atoms with E-state index in [0.717, 1.165) is 19.3 Å². The van der Waals surface area contributed by atoms with E-state index in [0.29, 0.717) is 12.1 Å². The molecule has 0 aliphatic carbocycles. The molecule has 2 unspecified atom stereocenters. The number of nitrogens with one attached hydrogen (secondary N) is 1. The van der Waals surface area contributed by atoms with Gasteiger partial charge in [0.2, 0.25) is 0 Å². The third-order valence-electron chi connectivity index (χ3n) is 3.23. The molecule has 1 aromatic carbocycles. The second-order valence-electron chi connectivity index (χ2n) is 4.50. The molecule has 0 aliphatic rings. The summed E-state index contributed by atoms with van der Waals surface area (Å²) in [6.45, 7) is 6.54. The maximum absolute atomic E-state index is 5.37. The third-order valence-corrected chi connectivity index (χ3v) is 3.23. The Labute approximate surface area is 106 Å². The molecule has 1 nitrogen and oxygen atoms in total. The normalized spacial score (nSPS) is 14.0. The molecule has 0 bridgehead atoms. The fourth-order valence-electron chi connectivity index (χ4n) is 1.96. The van der Waals surface area contributed by atoms with Gasteiger partial charge in [-0.2, -0.15) is 0 Å². The monoisotopic (exact) mass is 229 g/mol. The van der Waals surface area contributed by atoms with Crippen LogP contribution in [0.25, 0.3) is 0 Å². The Morgan fingerprint density at radius 2 is 1.88 bits per heavy atom. The molecule has 0 aliphatic heterocycles. The van der Waals surface area contributed by atoms with Gasteiger partial charge in [0.15, 0.2) is 0 Å². The molecule has 0 heterocycles. The van der Waals surface area contributed by atoms with Crippen LogP contribution in [0.4, 0.5) is 0 Å². The lowest BCUT2D eigenvalue weighted by Gasteiger charge is -2.21. The van der Waals surface area contributed by atoms with Gasteiger partial charge in [0.05, 0.1) is 0 Å².